The first-order chi connectivity index (χ1) is 8.16. The Morgan fingerprint density at radius 2 is 2.18 bits per heavy atom. The molecule has 17 heavy (non-hydrogen) atoms. The molecule has 1 aromatic heterocycles. The molecule has 1 aromatic rings. The molecule has 3 unspecified atom stereocenters. The molecule has 2 rings (SSSR count). The van der Waals surface area contributed by atoms with Crippen molar-refractivity contribution >= 4 is 11.6 Å². The Morgan fingerprint density at radius 3 is 2.88 bits per heavy atom. The van der Waals surface area contributed by atoms with E-state index in [1.54, 1.807) is 6.20 Å². The third-order valence-corrected chi connectivity index (χ3v) is 4.20. The second kappa shape index (κ2) is 5.83. The molecule has 0 amide bonds. The minimum Gasteiger partial charge on any atom is -0.373 e. The molecule has 0 radical (unpaired) electrons. The zero-order valence-corrected chi connectivity index (χ0v) is 11.3. The second-order valence-corrected chi connectivity index (χ2v) is 5.51. The van der Waals surface area contributed by atoms with Crippen LogP contribution in [0.1, 0.15) is 38.7 Å². The lowest BCUT2D eigenvalue weighted by Crippen LogP contribution is -2.26. The molecule has 0 spiro atoms. The standard InChI is InChI=1S/C14H20ClNO/c1-10-5-6-13(8-11(10)2)17-9-12-4-3-7-16-14(12)15/h3-4,7,10-11,13H,5-6,8-9H2,1-2H3. The summed E-state index contributed by atoms with van der Waals surface area (Å²) in [5, 5.41) is 0.560. The molecule has 3 heteroatoms. The van der Waals surface area contributed by atoms with E-state index >= 15 is 0 Å². The lowest BCUT2D eigenvalue weighted by Gasteiger charge is -2.32. The highest BCUT2D eigenvalue weighted by Crippen LogP contribution is 2.31. The van der Waals surface area contributed by atoms with Crippen molar-refractivity contribution in [3.63, 3.8) is 0 Å². The molecule has 1 saturated carbocycles. The van der Waals surface area contributed by atoms with Gasteiger partial charge in [-0.1, -0.05) is 31.5 Å². The number of pyridine rings is 1. The topological polar surface area (TPSA) is 22.1 Å². The van der Waals surface area contributed by atoms with Crippen molar-refractivity contribution in [2.75, 3.05) is 0 Å². The van der Waals surface area contributed by atoms with E-state index in [9.17, 15) is 0 Å². The first-order valence-electron chi connectivity index (χ1n) is 6.38. The van der Waals surface area contributed by atoms with Gasteiger partial charge >= 0.3 is 0 Å². The smallest absolute Gasteiger partial charge is 0.134 e. The van der Waals surface area contributed by atoms with Gasteiger partial charge in [-0.2, -0.15) is 0 Å². The Balaban J connectivity index is 1.85. The van der Waals surface area contributed by atoms with Gasteiger partial charge in [-0.25, -0.2) is 4.98 Å². The van der Waals surface area contributed by atoms with Crippen molar-refractivity contribution in [2.45, 2.75) is 45.8 Å². The normalized spacial score (nSPS) is 29.2. The zero-order chi connectivity index (χ0) is 12.3. The number of nitrogens with zero attached hydrogens (tertiary/aromatic N) is 1. The molecule has 0 saturated heterocycles. The Kier molecular flexibility index (Phi) is 4.41. The average molecular weight is 254 g/mol. The van der Waals surface area contributed by atoms with Gasteiger partial charge in [-0.15, -0.1) is 0 Å². The molecule has 2 nitrogen and oxygen atoms in total. The van der Waals surface area contributed by atoms with Gasteiger partial charge in [-0.05, 0) is 37.2 Å². The predicted molar refractivity (Wildman–Crippen MR) is 70.0 cm³/mol. The third kappa shape index (κ3) is 3.43. The molecular weight excluding hydrogens is 234 g/mol. The van der Waals surface area contributed by atoms with Crippen LogP contribution in [0.15, 0.2) is 18.3 Å². The molecule has 3 atom stereocenters. The van der Waals surface area contributed by atoms with Gasteiger partial charge in [0.25, 0.3) is 0 Å². The third-order valence-electron chi connectivity index (χ3n) is 3.86. The zero-order valence-electron chi connectivity index (χ0n) is 10.5. The van der Waals surface area contributed by atoms with Crippen molar-refractivity contribution in [1.29, 1.82) is 0 Å². The van der Waals surface area contributed by atoms with Gasteiger partial charge in [0.15, 0.2) is 0 Å². The summed E-state index contributed by atoms with van der Waals surface area (Å²) in [6.45, 7) is 5.23. The number of aromatic nitrogens is 1. The van der Waals surface area contributed by atoms with E-state index < -0.39 is 0 Å². The average Bonchev–Trinajstić information content (AvgIpc) is 2.32. The fourth-order valence-electron chi connectivity index (χ4n) is 2.38. The summed E-state index contributed by atoms with van der Waals surface area (Å²) in [7, 11) is 0. The van der Waals surface area contributed by atoms with Crippen molar-refractivity contribution in [2.24, 2.45) is 11.8 Å². The van der Waals surface area contributed by atoms with Gasteiger partial charge in [0.2, 0.25) is 0 Å². The first-order valence-corrected chi connectivity index (χ1v) is 6.75. The summed E-state index contributed by atoms with van der Waals surface area (Å²) in [4.78, 5) is 4.06. The number of hydrogen-bond acceptors (Lipinski definition) is 2. The minimum absolute atomic E-state index is 0.387. The van der Waals surface area contributed by atoms with Crippen LogP contribution in [0.3, 0.4) is 0 Å². The van der Waals surface area contributed by atoms with Crippen LogP contribution >= 0.6 is 11.6 Å². The van der Waals surface area contributed by atoms with Crippen molar-refractivity contribution < 1.29 is 4.74 Å². The van der Waals surface area contributed by atoms with Crippen LogP contribution in [-0.4, -0.2) is 11.1 Å². The lowest BCUT2D eigenvalue weighted by atomic mass is 9.80. The minimum atomic E-state index is 0.387. The Morgan fingerprint density at radius 1 is 1.35 bits per heavy atom. The molecular formula is C14H20ClNO. The molecule has 0 N–H and O–H groups in total. The van der Waals surface area contributed by atoms with Crippen molar-refractivity contribution in [3.8, 4) is 0 Å². The van der Waals surface area contributed by atoms with Gasteiger partial charge in [0.05, 0.1) is 12.7 Å². The van der Waals surface area contributed by atoms with Crippen LogP contribution in [0.4, 0.5) is 0 Å². The maximum absolute atomic E-state index is 6.00. The lowest BCUT2D eigenvalue weighted by molar-refractivity contribution is -0.00751. The number of ether oxygens (including phenoxy) is 1. The fraction of sp³-hybridized carbons (Fsp3) is 0.643. The largest absolute Gasteiger partial charge is 0.373 e. The summed E-state index contributed by atoms with van der Waals surface area (Å²) >= 11 is 6.00. The summed E-state index contributed by atoms with van der Waals surface area (Å²) in [5.74, 6) is 1.59. The number of halogens is 1. The molecule has 1 fully saturated rings. The van der Waals surface area contributed by atoms with E-state index in [0.717, 1.165) is 17.4 Å². The monoisotopic (exact) mass is 253 g/mol. The summed E-state index contributed by atoms with van der Waals surface area (Å²) in [6.07, 6.45) is 5.70. The molecule has 1 aliphatic carbocycles. The van der Waals surface area contributed by atoms with E-state index in [4.69, 9.17) is 16.3 Å². The highest BCUT2D eigenvalue weighted by molar-refractivity contribution is 6.30. The summed E-state index contributed by atoms with van der Waals surface area (Å²) in [6, 6.07) is 3.88. The van der Waals surface area contributed by atoms with Crippen LogP contribution in [0.5, 0.6) is 0 Å². The van der Waals surface area contributed by atoms with Crippen LogP contribution < -0.4 is 0 Å². The molecule has 0 bridgehead atoms. The van der Waals surface area contributed by atoms with Gasteiger partial charge in [0, 0.05) is 11.8 Å². The predicted octanol–water partition coefficient (Wildman–Crippen LogP) is 4.08. The van der Waals surface area contributed by atoms with E-state index in [1.807, 2.05) is 12.1 Å². The molecule has 94 valence electrons. The Bertz CT molecular complexity index is 369. The summed E-state index contributed by atoms with van der Waals surface area (Å²) < 4.78 is 5.94. The van der Waals surface area contributed by atoms with Crippen LogP contribution in [0.2, 0.25) is 5.15 Å². The Labute approximate surface area is 108 Å². The summed E-state index contributed by atoms with van der Waals surface area (Å²) in [5.41, 5.74) is 0.987. The van der Waals surface area contributed by atoms with E-state index in [1.165, 1.54) is 19.3 Å². The SMILES string of the molecule is CC1CCC(OCc2cccnc2Cl)CC1C. The van der Waals surface area contributed by atoms with Crippen molar-refractivity contribution in [1.82, 2.24) is 4.98 Å². The van der Waals surface area contributed by atoms with E-state index in [-0.39, 0.29) is 0 Å². The molecule has 0 aliphatic heterocycles. The quantitative estimate of drug-likeness (QED) is 0.758. The molecule has 0 aromatic carbocycles. The van der Waals surface area contributed by atoms with Crippen LogP contribution in [0, 0.1) is 11.8 Å². The highest BCUT2D eigenvalue weighted by atomic mass is 35.5. The van der Waals surface area contributed by atoms with Crippen molar-refractivity contribution in [3.05, 3.63) is 29.0 Å². The maximum Gasteiger partial charge on any atom is 0.134 e. The second-order valence-electron chi connectivity index (χ2n) is 5.15. The van der Waals surface area contributed by atoms with Gasteiger partial charge in [-0.3, -0.25) is 0 Å². The highest BCUT2D eigenvalue weighted by Gasteiger charge is 2.25. The number of rotatable bonds is 3. The van der Waals surface area contributed by atoms with Crippen LogP contribution in [0.25, 0.3) is 0 Å². The van der Waals surface area contributed by atoms with Crippen LogP contribution in [-0.2, 0) is 11.3 Å². The number of hydrogen-bond donors (Lipinski definition) is 0. The first kappa shape index (κ1) is 12.8. The fourth-order valence-corrected chi connectivity index (χ4v) is 2.56. The maximum atomic E-state index is 6.00. The van der Waals surface area contributed by atoms with Gasteiger partial charge in [0.1, 0.15) is 5.15 Å². The van der Waals surface area contributed by atoms with Gasteiger partial charge < -0.3 is 4.74 Å². The Hall–Kier alpha value is -0.600. The van der Waals surface area contributed by atoms with E-state index in [2.05, 4.69) is 18.8 Å². The van der Waals surface area contributed by atoms with E-state index in [0.29, 0.717) is 17.9 Å². The molecule has 1 heterocycles. The molecule has 1 aliphatic rings.